The fourth-order valence-electron chi connectivity index (χ4n) is 3.49. The third-order valence-electron chi connectivity index (χ3n) is 4.50. The molecule has 19 heavy (non-hydrogen) atoms. The first-order valence-corrected chi connectivity index (χ1v) is 8.89. The maximum atomic E-state index is 6.14. The molecule has 4 heteroatoms. The minimum absolute atomic E-state index is 0.211. The number of ether oxygens (including phenoxy) is 2. The summed E-state index contributed by atoms with van der Waals surface area (Å²) in [6.07, 6.45) is 6.12. The SMILES string of the molecule is CCNC(CCCOC)C1CCOC2(CCSC2)C1. The predicted octanol–water partition coefficient (Wildman–Crippen LogP) is 2.69. The highest BCUT2D eigenvalue weighted by molar-refractivity contribution is 7.99. The zero-order valence-corrected chi connectivity index (χ0v) is 13.3. The van der Waals surface area contributed by atoms with Crippen LogP contribution in [0, 0.1) is 5.92 Å². The molecule has 2 aliphatic heterocycles. The van der Waals surface area contributed by atoms with Crippen LogP contribution >= 0.6 is 11.8 Å². The first-order valence-electron chi connectivity index (χ1n) is 7.74. The first kappa shape index (κ1) is 15.6. The van der Waals surface area contributed by atoms with Gasteiger partial charge in [-0.05, 0) is 50.3 Å². The number of rotatable bonds is 7. The molecule has 2 saturated heterocycles. The standard InChI is InChI=1S/C15H29NO2S/c1-3-16-14(5-4-8-17-2)13-6-9-18-15(11-13)7-10-19-12-15/h13-14,16H,3-12H2,1-2H3. The third-order valence-corrected chi connectivity index (χ3v) is 5.72. The summed E-state index contributed by atoms with van der Waals surface area (Å²) < 4.78 is 11.3. The first-order chi connectivity index (χ1) is 9.29. The molecule has 3 nitrogen and oxygen atoms in total. The van der Waals surface area contributed by atoms with E-state index in [2.05, 4.69) is 24.0 Å². The van der Waals surface area contributed by atoms with Crippen molar-refractivity contribution in [1.82, 2.24) is 5.32 Å². The van der Waals surface area contributed by atoms with Crippen molar-refractivity contribution in [2.75, 3.05) is 38.4 Å². The normalized spacial score (nSPS) is 32.8. The minimum atomic E-state index is 0.211. The summed E-state index contributed by atoms with van der Waals surface area (Å²) >= 11 is 2.06. The Morgan fingerprint density at radius 3 is 3.11 bits per heavy atom. The van der Waals surface area contributed by atoms with Crippen LogP contribution < -0.4 is 5.32 Å². The molecule has 0 bridgehead atoms. The van der Waals surface area contributed by atoms with E-state index in [0.29, 0.717) is 6.04 Å². The Morgan fingerprint density at radius 2 is 2.42 bits per heavy atom. The van der Waals surface area contributed by atoms with Gasteiger partial charge in [-0.2, -0.15) is 11.8 Å². The summed E-state index contributed by atoms with van der Waals surface area (Å²) in [5.74, 6) is 3.27. The Balaban J connectivity index is 1.88. The highest BCUT2D eigenvalue weighted by Gasteiger charge is 2.42. The van der Waals surface area contributed by atoms with Gasteiger partial charge in [-0.3, -0.25) is 0 Å². The van der Waals surface area contributed by atoms with Crippen molar-refractivity contribution in [3.63, 3.8) is 0 Å². The fraction of sp³-hybridized carbons (Fsp3) is 1.00. The van der Waals surface area contributed by atoms with Crippen molar-refractivity contribution in [3.8, 4) is 0 Å². The smallest absolute Gasteiger partial charge is 0.0783 e. The molecule has 0 aromatic carbocycles. The van der Waals surface area contributed by atoms with Gasteiger partial charge in [0.25, 0.3) is 0 Å². The topological polar surface area (TPSA) is 30.5 Å². The van der Waals surface area contributed by atoms with E-state index in [1.807, 2.05) is 0 Å². The summed E-state index contributed by atoms with van der Waals surface area (Å²) in [6.45, 7) is 5.12. The van der Waals surface area contributed by atoms with Gasteiger partial charge in [0.1, 0.15) is 0 Å². The zero-order valence-electron chi connectivity index (χ0n) is 12.5. The average molecular weight is 287 g/mol. The van der Waals surface area contributed by atoms with Gasteiger partial charge in [-0.15, -0.1) is 0 Å². The van der Waals surface area contributed by atoms with Gasteiger partial charge in [0.05, 0.1) is 5.60 Å². The number of methoxy groups -OCH3 is 1. The fourth-order valence-corrected chi connectivity index (χ4v) is 4.86. The van der Waals surface area contributed by atoms with E-state index in [-0.39, 0.29) is 5.60 Å². The highest BCUT2D eigenvalue weighted by Crippen LogP contribution is 2.41. The lowest BCUT2D eigenvalue weighted by Crippen LogP contribution is -2.47. The van der Waals surface area contributed by atoms with Crippen LogP contribution in [-0.2, 0) is 9.47 Å². The average Bonchev–Trinajstić information content (AvgIpc) is 2.86. The predicted molar refractivity (Wildman–Crippen MR) is 81.9 cm³/mol. The summed E-state index contributed by atoms with van der Waals surface area (Å²) in [6, 6.07) is 0.645. The van der Waals surface area contributed by atoms with E-state index in [9.17, 15) is 0 Å². The Labute approximate surface area is 122 Å². The Hall–Kier alpha value is 0.230. The van der Waals surface area contributed by atoms with E-state index >= 15 is 0 Å². The second-order valence-corrected chi connectivity index (χ2v) is 6.99. The van der Waals surface area contributed by atoms with Crippen molar-refractivity contribution >= 4 is 11.8 Å². The lowest BCUT2D eigenvalue weighted by molar-refractivity contribution is -0.0856. The van der Waals surface area contributed by atoms with Crippen LogP contribution in [0.3, 0.4) is 0 Å². The molecule has 0 saturated carbocycles. The second-order valence-electron chi connectivity index (χ2n) is 5.89. The Bertz CT molecular complexity index is 257. The Morgan fingerprint density at radius 1 is 1.53 bits per heavy atom. The number of thioether (sulfide) groups is 1. The minimum Gasteiger partial charge on any atom is -0.385 e. The summed E-state index contributed by atoms with van der Waals surface area (Å²) in [5.41, 5.74) is 0.211. The van der Waals surface area contributed by atoms with Crippen molar-refractivity contribution < 1.29 is 9.47 Å². The molecule has 1 spiro atoms. The summed E-state index contributed by atoms with van der Waals surface area (Å²) in [7, 11) is 1.79. The van der Waals surface area contributed by atoms with Gasteiger partial charge < -0.3 is 14.8 Å². The van der Waals surface area contributed by atoms with Gasteiger partial charge in [0.15, 0.2) is 0 Å². The van der Waals surface area contributed by atoms with Gasteiger partial charge in [-0.25, -0.2) is 0 Å². The third kappa shape index (κ3) is 4.35. The van der Waals surface area contributed by atoms with Gasteiger partial charge >= 0.3 is 0 Å². The molecule has 2 rings (SSSR count). The lowest BCUT2D eigenvalue weighted by atomic mass is 9.80. The van der Waals surface area contributed by atoms with Gasteiger partial charge in [0.2, 0.25) is 0 Å². The monoisotopic (exact) mass is 287 g/mol. The number of hydrogen-bond acceptors (Lipinski definition) is 4. The highest BCUT2D eigenvalue weighted by atomic mass is 32.2. The summed E-state index contributed by atoms with van der Waals surface area (Å²) in [4.78, 5) is 0. The molecule has 3 atom stereocenters. The van der Waals surface area contributed by atoms with Gasteiger partial charge in [0, 0.05) is 32.1 Å². The van der Waals surface area contributed by atoms with Gasteiger partial charge in [-0.1, -0.05) is 6.92 Å². The lowest BCUT2D eigenvalue weighted by Gasteiger charge is -2.41. The van der Waals surface area contributed by atoms with Crippen molar-refractivity contribution in [2.24, 2.45) is 5.92 Å². The molecule has 0 aliphatic carbocycles. The second kappa shape index (κ2) is 7.87. The van der Waals surface area contributed by atoms with Crippen molar-refractivity contribution in [2.45, 2.75) is 50.7 Å². The molecule has 2 fully saturated rings. The number of hydrogen-bond donors (Lipinski definition) is 1. The van der Waals surface area contributed by atoms with Crippen LogP contribution in [0.15, 0.2) is 0 Å². The van der Waals surface area contributed by atoms with E-state index in [0.717, 1.165) is 32.1 Å². The van der Waals surface area contributed by atoms with Crippen LogP contribution in [0.5, 0.6) is 0 Å². The molecule has 0 radical (unpaired) electrons. The van der Waals surface area contributed by atoms with E-state index < -0.39 is 0 Å². The van der Waals surface area contributed by atoms with Crippen LogP contribution in [0.1, 0.15) is 39.0 Å². The molecule has 112 valence electrons. The molecule has 1 N–H and O–H groups in total. The molecule has 0 aromatic rings. The molecule has 0 amide bonds. The quantitative estimate of drug-likeness (QED) is 0.729. The summed E-state index contributed by atoms with van der Waals surface area (Å²) in [5, 5.41) is 3.70. The largest absolute Gasteiger partial charge is 0.385 e. The molecule has 3 unspecified atom stereocenters. The van der Waals surface area contributed by atoms with Crippen LogP contribution in [-0.4, -0.2) is 50.0 Å². The Kier molecular flexibility index (Phi) is 6.46. The molecule has 2 aliphatic rings. The number of nitrogens with one attached hydrogen (secondary N) is 1. The molecule has 0 aromatic heterocycles. The zero-order chi connectivity index (χ0) is 13.6. The van der Waals surface area contributed by atoms with E-state index in [1.54, 1.807) is 7.11 Å². The van der Waals surface area contributed by atoms with Crippen LogP contribution in [0.2, 0.25) is 0 Å². The van der Waals surface area contributed by atoms with Crippen molar-refractivity contribution in [3.05, 3.63) is 0 Å². The molecular formula is C15H29NO2S. The van der Waals surface area contributed by atoms with Crippen LogP contribution in [0.4, 0.5) is 0 Å². The van der Waals surface area contributed by atoms with Crippen molar-refractivity contribution in [1.29, 1.82) is 0 Å². The molecule has 2 heterocycles. The van der Waals surface area contributed by atoms with E-state index in [1.165, 1.54) is 37.2 Å². The maximum absolute atomic E-state index is 6.14. The van der Waals surface area contributed by atoms with E-state index in [4.69, 9.17) is 9.47 Å². The molecular weight excluding hydrogens is 258 g/mol. The maximum Gasteiger partial charge on any atom is 0.0783 e. The van der Waals surface area contributed by atoms with Crippen LogP contribution in [0.25, 0.3) is 0 Å².